The highest BCUT2D eigenvalue weighted by Crippen LogP contribution is 2.40. The Morgan fingerprint density at radius 2 is 1.79 bits per heavy atom. The van der Waals surface area contributed by atoms with Crippen LogP contribution in [0.5, 0.6) is 5.75 Å². The van der Waals surface area contributed by atoms with Crippen LogP contribution in [0.3, 0.4) is 0 Å². The molecule has 0 N–H and O–H groups in total. The second-order valence-corrected chi connectivity index (χ2v) is 8.61. The molecule has 2 aromatic rings. The number of rotatable bonds is 6. The standard InChI is InChI=1S/C26H27N5O3/c1-5-34-20-13-11-19(12-14-20)31-21(18-9-7-6-8-10-18)16-29-22-23(27-25(29)31)28(4)26(33)30(24(22)32)15-17(2)3/h6-14,16,22-23H,2,5,15H2,1,3-4H3. The molecule has 0 spiro atoms. The molecule has 0 saturated carbocycles. The zero-order chi connectivity index (χ0) is 24.0. The monoisotopic (exact) mass is 457 g/mol. The summed E-state index contributed by atoms with van der Waals surface area (Å²) < 4.78 is 5.61. The SMILES string of the molecule is C=C(C)CN1C(=O)C2C(N=C3N(c4ccc(OCC)cc4)C(c4ccccc4)=CN32)N(C)C1=O. The van der Waals surface area contributed by atoms with Gasteiger partial charge >= 0.3 is 6.03 Å². The van der Waals surface area contributed by atoms with E-state index in [2.05, 4.69) is 6.58 Å². The number of ether oxygens (including phenoxy) is 1. The first-order valence-electron chi connectivity index (χ1n) is 11.3. The Morgan fingerprint density at radius 1 is 1.09 bits per heavy atom. The van der Waals surface area contributed by atoms with Crippen molar-refractivity contribution in [1.82, 2.24) is 14.7 Å². The van der Waals surface area contributed by atoms with Crippen molar-refractivity contribution >= 4 is 29.3 Å². The fourth-order valence-electron chi connectivity index (χ4n) is 4.58. The lowest BCUT2D eigenvalue weighted by molar-refractivity contribution is -0.136. The molecule has 3 amide bonds. The number of amides is 3. The quantitative estimate of drug-likeness (QED) is 0.618. The van der Waals surface area contributed by atoms with Crippen LogP contribution in [0, 0.1) is 0 Å². The number of fused-ring (bicyclic) bond motifs is 3. The minimum Gasteiger partial charge on any atom is -0.494 e. The smallest absolute Gasteiger partial charge is 0.328 e. The van der Waals surface area contributed by atoms with Gasteiger partial charge in [0.05, 0.1) is 18.8 Å². The number of aliphatic imine (C=N–C) groups is 1. The van der Waals surface area contributed by atoms with E-state index < -0.39 is 12.2 Å². The molecule has 174 valence electrons. The molecule has 0 aromatic heterocycles. The summed E-state index contributed by atoms with van der Waals surface area (Å²) in [6.07, 6.45) is 1.35. The van der Waals surface area contributed by atoms with Gasteiger partial charge in [-0.15, -0.1) is 0 Å². The van der Waals surface area contributed by atoms with E-state index in [0.717, 1.165) is 28.3 Å². The van der Waals surface area contributed by atoms with Gasteiger partial charge in [-0.2, -0.15) is 0 Å². The lowest BCUT2D eigenvalue weighted by Gasteiger charge is -2.40. The summed E-state index contributed by atoms with van der Waals surface area (Å²) in [6.45, 7) is 8.41. The minimum absolute atomic E-state index is 0.187. The summed E-state index contributed by atoms with van der Waals surface area (Å²) in [5.41, 5.74) is 3.53. The zero-order valence-corrected chi connectivity index (χ0v) is 19.5. The number of nitrogens with zero attached hydrogens (tertiary/aromatic N) is 5. The van der Waals surface area contributed by atoms with Gasteiger partial charge in [0.25, 0.3) is 5.91 Å². The predicted molar refractivity (Wildman–Crippen MR) is 131 cm³/mol. The van der Waals surface area contributed by atoms with E-state index in [1.54, 1.807) is 14.0 Å². The van der Waals surface area contributed by atoms with Crippen molar-refractivity contribution in [3.63, 3.8) is 0 Å². The van der Waals surface area contributed by atoms with E-state index >= 15 is 0 Å². The number of anilines is 1. The second-order valence-electron chi connectivity index (χ2n) is 8.61. The van der Waals surface area contributed by atoms with Crippen molar-refractivity contribution in [2.24, 2.45) is 4.99 Å². The molecule has 1 fully saturated rings. The van der Waals surface area contributed by atoms with E-state index in [4.69, 9.17) is 9.73 Å². The van der Waals surface area contributed by atoms with Crippen LogP contribution in [0.4, 0.5) is 10.5 Å². The molecule has 5 rings (SSSR count). The molecule has 0 bridgehead atoms. The number of benzene rings is 2. The minimum atomic E-state index is -0.636. The summed E-state index contributed by atoms with van der Waals surface area (Å²) in [5.74, 6) is 1.13. The average Bonchev–Trinajstić information content (AvgIpc) is 3.38. The number of likely N-dealkylation sites (N-methyl/N-ethyl adjacent to an activating group) is 1. The van der Waals surface area contributed by atoms with Crippen molar-refractivity contribution in [1.29, 1.82) is 0 Å². The van der Waals surface area contributed by atoms with Gasteiger partial charge in [0.1, 0.15) is 5.75 Å². The Balaban J connectivity index is 1.58. The Kier molecular flexibility index (Phi) is 5.36. The molecule has 0 radical (unpaired) electrons. The van der Waals surface area contributed by atoms with E-state index in [1.807, 2.05) is 77.5 Å². The van der Waals surface area contributed by atoms with Gasteiger partial charge in [0.2, 0.25) is 5.96 Å². The predicted octanol–water partition coefficient (Wildman–Crippen LogP) is 3.74. The topological polar surface area (TPSA) is 68.7 Å². The van der Waals surface area contributed by atoms with Crippen molar-refractivity contribution in [2.75, 3.05) is 25.1 Å². The molecular formula is C26H27N5O3. The van der Waals surface area contributed by atoms with Crippen LogP contribution in [0.25, 0.3) is 5.70 Å². The summed E-state index contributed by atoms with van der Waals surface area (Å²) in [4.78, 5) is 38.0. The van der Waals surface area contributed by atoms with Crippen molar-refractivity contribution in [2.45, 2.75) is 26.1 Å². The lowest BCUT2D eigenvalue weighted by Crippen LogP contribution is -2.64. The third kappa shape index (κ3) is 3.42. The van der Waals surface area contributed by atoms with E-state index in [-0.39, 0.29) is 18.5 Å². The maximum Gasteiger partial charge on any atom is 0.328 e. The third-order valence-corrected chi connectivity index (χ3v) is 6.12. The van der Waals surface area contributed by atoms with Gasteiger partial charge in [0.15, 0.2) is 12.2 Å². The van der Waals surface area contributed by atoms with E-state index in [1.165, 1.54) is 9.80 Å². The molecule has 34 heavy (non-hydrogen) atoms. The Bertz CT molecular complexity index is 1200. The van der Waals surface area contributed by atoms with Gasteiger partial charge < -0.3 is 9.64 Å². The van der Waals surface area contributed by atoms with Gasteiger partial charge in [-0.05, 0) is 38.1 Å². The maximum absolute atomic E-state index is 13.5. The number of hydrogen-bond acceptors (Lipinski definition) is 6. The van der Waals surface area contributed by atoms with Crippen LogP contribution in [0.15, 0.2) is 77.9 Å². The van der Waals surface area contributed by atoms with Crippen LogP contribution in [-0.2, 0) is 4.79 Å². The molecule has 8 heteroatoms. The normalized spacial score (nSPS) is 21.4. The molecule has 2 unspecified atom stereocenters. The summed E-state index contributed by atoms with van der Waals surface area (Å²) in [5, 5.41) is 0. The zero-order valence-electron chi connectivity index (χ0n) is 19.5. The molecule has 3 heterocycles. The third-order valence-electron chi connectivity index (χ3n) is 6.12. The molecular weight excluding hydrogens is 430 g/mol. The van der Waals surface area contributed by atoms with Crippen LogP contribution < -0.4 is 9.64 Å². The average molecular weight is 458 g/mol. The number of carbonyl (C=O) groups excluding carboxylic acids is 2. The van der Waals surface area contributed by atoms with E-state index in [9.17, 15) is 9.59 Å². The van der Waals surface area contributed by atoms with Gasteiger partial charge in [-0.3, -0.25) is 19.5 Å². The fourth-order valence-corrected chi connectivity index (χ4v) is 4.58. The number of guanidine groups is 1. The van der Waals surface area contributed by atoms with Crippen molar-refractivity contribution in [3.05, 3.63) is 78.5 Å². The van der Waals surface area contributed by atoms with E-state index in [0.29, 0.717) is 12.6 Å². The first kappa shape index (κ1) is 21.8. The Hall–Kier alpha value is -4.07. The van der Waals surface area contributed by atoms with Crippen molar-refractivity contribution < 1.29 is 14.3 Å². The molecule has 0 aliphatic carbocycles. The van der Waals surface area contributed by atoms with Gasteiger partial charge in [0, 0.05) is 24.5 Å². The van der Waals surface area contributed by atoms with Crippen LogP contribution in [-0.4, -0.2) is 65.0 Å². The fraction of sp³-hybridized carbons (Fsp3) is 0.269. The molecule has 1 saturated heterocycles. The molecule has 8 nitrogen and oxygen atoms in total. The van der Waals surface area contributed by atoms with Crippen LogP contribution in [0.2, 0.25) is 0 Å². The van der Waals surface area contributed by atoms with Gasteiger partial charge in [-0.1, -0.05) is 42.5 Å². The van der Waals surface area contributed by atoms with Gasteiger partial charge in [-0.25, -0.2) is 9.79 Å². The Morgan fingerprint density at radius 3 is 2.44 bits per heavy atom. The maximum atomic E-state index is 13.5. The summed E-state index contributed by atoms with van der Waals surface area (Å²) in [7, 11) is 1.69. The highest BCUT2D eigenvalue weighted by molar-refractivity contribution is 6.16. The molecule has 2 atom stereocenters. The molecule has 3 aliphatic rings. The second kappa shape index (κ2) is 8.37. The Labute approximate surface area is 199 Å². The first-order valence-corrected chi connectivity index (χ1v) is 11.3. The van der Waals surface area contributed by atoms with Crippen LogP contribution in [0.1, 0.15) is 19.4 Å². The first-order chi connectivity index (χ1) is 16.4. The van der Waals surface area contributed by atoms with Crippen molar-refractivity contribution in [3.8, 4) is 5.75 Å². The number of urea groups is 1. The lowest BCUT2D eigenvalue weighted by atomic mass is 10.1. The highest BCUT2D eigenvalue weighted by Gasteiger charge is 2.54. The summed E-state index contributed by atoms with van der Waals surface area (Å²) in [6, 6.07) is 16.8. The molecule has 2 aromatic carbocycles. The van der Waals surface area contributed by atoms with Crippen LogP contribution >= 0.6 is 0 Å². The number of carbonyl (C=O) groups is 2. The molecule has 3 aliphatic heterocycles. The highest BCUT2D eigenvalue weighted by atomic mass is 16.5. The number of imide groups is 1. The summed E-state index contributed by atoms with van der Waals surface area (Å²) >= 11 is 0. The largest absolute Gasteiger partial charge is 0.494 e. The number of hydrogen-bond donors (Lipinski definition) is 0.